The molecule has 0 amide bonds. The zero-order valence-electron chi connectivity index (χ0n) is 25.0. The average Bonchev–Trinajstić information content (AvgIpc) is 3.50. The van der Waals surface area contributed by atoms with Crippen LogP contribution in [0.1, 0.15) is 51.6 Å². The minimum absolute atomic E-state index is 0.0528. The summed E-state index contributed by atoms with van der Waals surface area (Å²) in [5.74, 6) is -1.82. The minimum Gasteiger partial charge on any atom is -0.507 e. The second-order valence-corrected chi connectivity index (χ2v) is 12.6. The number of carbonyl (C=O) groups is 3. The highest BCUT2D eigenvalue weighted by atomic mass is 32.2. The van der Waals surface area contributed by atoms with Crippen LogP contribution in [0.5, 0.6) is 34.5 Å². The molecule has 0 saturated carbocycles. The monoisotopic (exact) mass is 635 g/mol. The Morgan fingerprint density at radius 2 is 1.80 bits per heavy atom. The number of Topliss-reactive ketones (excluding diaryl/α,β-unsaturated/α-hetero) is 1. The number of hydrogen-bond donors (Lipinski definition) is 2. The van der Waals surface area contributed by atoms with Crippen LogP contribution in [0, 0.1) is 25.2 Å². The fourth-order valence-corrected chi connectivity index (χ4v) is 8.59. The van der Waals surface area contributed by atoms with Crippen molar-refractivity contribution in [3.8, 4) is 40.6 Å². The van der Waals surface area contributed by atoms with Gasteiger partial charge in [-0.05, 0) is 13.8 Å². The van der Waals surface area contributed by atoms with Crippen LogP contribution < -0.4 is 18.9 Å². The summed E-state index contributed by atoms with van der Waals surface area (Å²) < 4.78 is 28.8. The number of methoxy groups -OCH3 is 1. The van der Waals surface area contributed by atoms with E-state index in [2.05, 4.69) is 6.07 Å². The van der Waals surface area contributed by atoms with Gasteiger partial charge in [-0.15, -0.1) is 11.8 Å². The molecule has 4 bridgehead atoms. The number of phenols is 2. The molecule has 2 aromatic carbocycles. The van der Waals surface area contributed by atoms with Gasteiger partial charge in [0.05, 0.1) is 53.2 Å². The van der Waals surface area contributed by atoms with Gasteiger partial charge in [0.2, 0.25) is 12.6 Å². The molecule has 5 aliphatic rings. The SMILES string of the molecule is COc1c(C)c(O)c2c(c1O)C1=C3[C@@H]4SCC(=O)C(=O)OC[C@@H](c5c6c(c(C)c(OC(C)=O)c54)OCO6)N3[C@@H](C#N)[C@@H](C2)N1C. The van der Waals surface area contributed by atoms with E-state index in [9.17, 15) is 29.9 Å². The summed E-state index contributed by atoms with van der Waals surface area (Å²) in [4.78, 5) is 41.9. The largest absolute Gasteiger partial charge is 0.507 e. The predicted octanol–water partition coefficient (Wildman–Crippen LogP) is 2.77. The van der Waals surface area contributed by atoms with E-state index >= 15 is 0 Å². The quantitative estimate of drug-likeness (QED) is 0.214. The minimum atomic E-state index is -0.997. The normalized spacial score (nSPS) is 24.4. The highest BCUT2D eigenvalue weighted by molar-refractivity contribution is 8.00. The molecular weight excluding hydrogens is 606 g/mol. The average molecular weight is 636 g/mol. The van der Waals surface area contributed by atoms with Crippen molar-refractivity contribution in [2.75, 3.05) is 33.3 Å². The predicted molar refractivity (Wildman–Crippen MR) is 157 cm³/mol. The van der Waals surface area contributed by atoms with Crippen molar-refractivity contribution in [1.29, 1.82) is 5.26 Å². The van der Waals surface area contributed by atoms with Crippen molar-refractivity contribution in [2.24, 2.45) is 0 Å². The summed E-state index contributed by atoms with van der Waals surface area (Å²) in [7, 11) is 3.20. The second kappa shape index (κ2) is 10.1. The van der Waals surface area contributed by atoms with Crippen LogP contribution in [-0.4, -0.2) is 83.1 Å². The Morgan fingerprint density at radius 1 is 1.07 bits per heavy atom. The summed E-state index contributed by atoms with van der Waals surface area (Å²) in [5, 5.41) is 33.0. The van der Waals surface area contributed by atoms with E-state index in [0.29, 0.717) is 56.3 Å². The van der Waals surface area contributed by atoms with Gasteiger partial charge in [-0.1, -0.05) is 0 Å². The fraction of sp³-hybridized carbons (Fsp3) is 0.419. The van der Waals surface area contributed by atoms with Gasteiger partial charge in [-0.25, -0.2) is 4.79 Å². The third kappa shape index (κ3) is 3.83. The first kappa shape index (κ1) is 29.0. The number of phenolic OH excluding ortho intramolecular Hbond substituents is 2. The Bertz CT molecular complexity index is 1810. The zero-order valence-corrected chi connectivity index (χ0v) is 25.9. The lowest BCUT2D eigenvalue weighted by Gasteiger charge is -2.56. The number of ether oxygens (including phenoxy) is 5. The van der Waals surface area contributed by atoms with E-state index in [0.717, 1.165) is 11.8 Å². The number of cyclic esters (lactones) is 1. The number of nitriles is 1. The number of fused-ring (bicyclic) bond motifs is 9. The fourth-order valence-electron chi connectivity index (χ4n) is 7.37. The number of likely N-dealkylation sites (N-methyl/N-ethyl adjacent to an activating group) is 1. The van der Waals surface area contributed by atoms with Crippen molar-refractivity contribution in [2.45, 2.75) is 50.6 Å². The Morgan fingerprint density at radius 3 is 2.49 bits per heavy atom. The van der Waals surface area contributed by atoms with Gasteiger partial charge in [-0.2, -0.15) is 5.26 Å². The number of thioether (sulfide) groups is 1. The van der Waals surface area contributed by atoms with Gasteiger partial charge < -0.3 is 43.7 Å². The van der Waals surface area contributed by atoms with Gasteiger partial charge in [0.1, 0.15) is 24.1 Å². The highest BCUT2D eigenvalue weighted by Crippen LogP contribution is 2.64. The highest BCUT2D eigenvalue weighted by Gasteiger charge is 2.56. The lowest BCUT2D eigenvalue weighted by atomic mass is 9.77. The first-order chi connectivity index (χ1) is 21.5. The number of benzene rings is 2. The summed E-state index contributed by atoms with van der Waals surface area (Å²) >= 11 is 1.10. The molecule has 5 aliphatic heterocycles. The summed E-state index contributed by atoms with van der Waals surface area (Å²) in [5.41, 5.74) is 3.68. The lowest BCUT2D eigenvalue weighted by Crippen LogP contribution is -2.60. The molecule has 1 saturated heterocycles. The third-order valence-electron chi connectivity index (χ3n) is 9.24. The standard InChI is InChI=1S/C31H29N3O10S/c1-11-24(37)14-6-15-16(7-32)34-17-8-41-31(39)18(36)9-45-30(23(34)22(33(15)4)19(14)25(38)27(11)40-5)21-20(17)29-28(42-10-43-29)12(2)26(21)44-13(3)35/h15-17,30,37-38H,6,8-10H2,1-5H3/t15-,16+,17+,30-/m1/s1. The molecule has 2 aromatic rings. The molecule has 0 spiro atoms. The molecule has 1 fully saturated rings. The molecule has 0 unspecified atom stereocenters. The molecule has 0 aromatic heterocycles. The van der Waals surface area contributed by atoms with Crippen molar-refractivity contribution >= 4 is 35.2 Å². The van der Waals surface area contributed by atoms with E-state index in [4.69, 9.17) is 23.7 Å². The maximum atomic E-state index is 12.9. The van der Waals surface area contributed by atoms with E-state index in [1.807, 2.05) is 16.8 Å². The van der Waals surface area contributed by atoms with Crippen molar-refractivity contribution < 1.29 is 48.3 Å². The molecule has 0 radical (unpaired) electrons. The van der Waals surface area contributed by atoms with E-state index in [1.165, 1.54) is 14.0 Å². The number of esters is 2. The maximum Gasteiger partial charge on any atom is 0.375 e. The van der Waals surface area contributed by atoms with Gasteiger partial charge in [0.15, 0.2) is 23.0 Å². The maximum absolute atomic E-state index is 12.9. The number of hydrogen-bond acceptors (Lipinski definition) is 14. The summed E-state index contributed by atoms with van der Waals surface area (Å²) in [6, 6.07) is 0.211. The van der Waals surface area contributed by atoms with Crippen molar-refractivity contribution in [3.63, 3.8) is 0 Å². The van der Waals surface area contributed by atoms with Crippen LogP contribution in [-0.2, 0) is 25.5 Å². The first-order valence-electron chi connectivity index (χ1n) is 14.2. The van der Waals surface area contributed by atoms with Crippen LogP contribution in [0.25, 0.3) is 5.70 Å². The van der Waals surface area contributed by atoms with Crippen LogP contribution >= 0.6 is 11.8 Å². The molecule has 14 heteroatoms. The van der Waals surface area contributed by atoms with Gasteiger partial charge in [0.25, 0.3) is 0 Å². The summed E-state index contributed by atoms with van der Waals surface area (Å²) in [6.45, 7) is 4.22. The molecule has 45 heavy (non-hydrogen) atoms. The van der Waals surface area contributed by atoms with Crippen LogP contribution in [0.4, 0.5) is 0 Å². The van der Waals surface area contributed by atoms with Gasteiger partial charge in [-0.3, -0.25) is 9.59 Å². The first-order valence-corrected chi connectivity index (χ1v) is 15.3. The molecule has 4 atom stereocenters. The summed E-state index contributed by atoms with van der Waals surface area (Å²) in [6.07, 6.45) is 0.210. The van der Waals surface area contributed by atoms with Gasteiger partial charge >= 0.3 is 11.9 Å². The Balaban J connectivity index is 1.65. The number of carbonyl (C=O) groups excluding carboxylic acids is 3. The number of aromatic hydroxyl groups is 2. The Labute approximate surface area is 261 Å². The van der Waals surface area contributed by atoms with Gasteiger partial charge in [0, 0.05) is 48.2 Å². The smallest absolute Gasteiger partial charge is 0.375 e. The van der Waals surface area contributed by atoms with E-state index in [1.54, 1.807) is 13.8 Å². The molecule has 13 nitrogen and oxygen atoms in total. The number of rotatable bonds is 2. The number of ketones is 1. The van der Waals surface area contributed by atoms with Crippen LogP contribution in [0.15, 0.2) is 5.70 Å². The molecule has 234 valence electrons. The zero-order chi connectivity index (χ0) is 32.1. The molecule has 0 aliphatic carbocycles. The van der Waals surface area contributed by atoms with E-state index in [-0.39, 0.29) is 48.6 Å². The lowest BCUT2D eigenvalue weighted by molar-refractivity contribution is -0.154. The molecule has 7 rings (SSSR count). The van der Waals surface area contributed by atoms with Crippen LogP contribution in [0.3, 0.4) is 0 Å². The van der Waals surface area contributed by atoms with Crippen molar-refractivity contribution in [3.05, 3.63) is 39.1 Å². The molecular formula is C31H29N3O10S. The third-order valence-corrected chi connectivity index (χ3v) is 10.5. The Kier molecular flexibility index (Phi) is 6.52. The van der Waals surface area contributed by atoms with Crippen molar-refractivity contribution in [1.82, 2.24) is 9.80 Å². The second-order valence-electron chi connectivity index (χ2n) is 11.5. The van der Waals surface area contributed by atoms with Crippen LogP contribution in [0.2, 0.25) is 0 Å². The number of nitrogens with zero attached hydrogens (tertiary/aromatic N) is 3. The topological polar surface area (TPSA) is 168 Å². The van der Waals surface area contributed by atoms with E-state index < -0.39 is 41.1 Å². The Hall–Kier alpha value is -4.77. The molecule has 2 N–H and O–H groups in total. The molecule has 5 heterocycles.